The summed E-state index contributed by atoms with van der Waals surface area (Å²) in [6.07, 6.45) is 0.491. The zero-order valence-electron chi connectivity index (χ0n) is 11.6. The summed E-state index contributed by atoms with van der Waals surface area (Å²) in [6, 6.07) is 13.2. The van der Waals surface area contributed by atoms with Crippen molar-refractivity contribution in [2.24, 2.45) is 0 Å². The first kappa shape index (κ1) is 14.6. The lowest BCUT2D eigenvalue weighted by Crippen LogP contribution is -2.15. The molecule has 104 valence electrons. The van der Waals surface area contributed by atoms with Crippen LogP contribution < -0.4 is 0 Å². The molecule has 0 spiro atoms. The van der Waals surface area contributed by atoms with E-state index in [9.17, 15) is 9.90 Å². The molecule has 0 fully saturated rings. The summed E-state index contributed by atoms with van der Waals surface area (Å²) in [6.45, 7) is 4.02. The van der Waals surface area contributed by atoms with Gasteiger partial charge in [0.2, 0.25) is 0 Å². The number of carboxylic acids is 1. The van der Waals surface area contributed by atoms with Crippen LogP contribution in [0.5, 0.6) is 0 Å². The maximum Gasteiger partial charge on any atom is 0.311 e. The monoisotopic (exact) mass is 288 g/mol. The van der Waals surface area contributed by atoms with Gasteiger partial charge in [0.1, 0.15) is 0 Å². The molecule has 2 aromatic rings. The minimum absolute atomic E-state index is 0.491. The minimum Gasteiger partial charge on any atom is -0.481 e. The molecule has 0 heterocycles. The van der Waals surface area contributed by atoms with Gasteiger partial charge in [-0.3, -0.25) is 4.79 Å². The first-order valence-corrected chi connectivity index (χ1v) is 6.89. The fourth-order valence-corrected chi connectivity index (χ4v) is 2.41. The molecule has 0 bridgehead atoms. The molecule has 0 saturated heterocycles. The molecule has 0 amide bonds. The van der Waals surface area contributed by atoms with Crippen LogP contribution in [0.2, 0.25) is 5.02 Å². The molecule has 0 aromatic heterocycles. The molecule has 3 heteroatoms. The average molecular weight is 289 g/mol. The number of rotatable bonds is 4. The second-order valence-electron chi connectivity index (χ2n) is 5.08. The fraction of sp³-hybridized carbons (Fsp3) is 0.235. The standard InChI is InChI=1S/C17H17ClO2/c1-11-3-4-12(2)14(9-11)10-16(17(19)20)13-5-7-15(18)8-6-13/h3-9,16H,10H2,1-2H3,(H,19,20). The van der Waals surface area contributed by atoms with Gasteiger partial charge in [-0.05, 0) is 49.1 Å². The van der Waals surface area contributed by atoms with Crippen molar-refractivity contribution in [3.05, 3.63) is 69.7 Å². The molecular weight excluding hydrogens is 272 g/mol. The second-order valence-corrected chi connectivity index (χ2v) is 5.51. The highest BCUT2D eigenvalue weighted by Crippen LogP contribution is 2.25. The molecule has 0 saturated carbocycles. The third kappa shape index (κ3) is 3.40. The Morgan fingerprint density at radius 1 is 1.15 bits per heavy atom. The van der Waals surface area contributed by atoms with Crippen molar-refractivity contribution < 1.29 is 9.90 Å². The van der Waals surface area contributed by atoms with Gasteiger partial charge in [-0.15, -0.1) is 0 Å². The smallest absolute Gasteiger partial charge is 0.311 e. The molecule has 0 aliphatic heterocycles. The van der Waals surface area contributed by atoms with Gasteiger partial charge in [0.05, 0.1) is 5.92 Å². The zero-order valence-corrected chi connectivity index (χ0v) is 12.3. The van der Waals surface area contributed by atoms with Crippen molar-refractivity contribution in [1.82, 2.24) is 0 Å². The molecule has 20 heavy (non-hydrogen) atoms. The summed E-state index contributed by atoms with van der Waals surface area (Å²) in [5, 5.41) is 10.1. The van der Waals surface area contributed by atoms with E-state index in [-0.39, 0.29) is 0 Å². The van der Waals surface area contributed by atoms with Crippen LogP contribution in [0.1, 0.15) is 28.2 Å². The maximum absolute atomic E-state index is 11.6. The normalized spacial score (nSPS) is 12.2. The van der Waals surface area contributed by atoms with E-state index in [1.165, 1.54) is 0 Å². The van der Waals surface area contributed by atoms with Crippen molar-refractivity contribution in [3.63, 3.8) is 0 Å². The topological polar surface area (TPSA) is 37.3 Å². The summed E-state index contributed by atoms with van der Waals surface area (Å²) >= 11 is 5.85. The van der Waals surface area contributed by atoms with Crippen LogP contribution in [-0.2, 0) is 11.2 Å². The number of carbonyl (C=O) groups is 1. The molecule has 1 N–H and O–H groups in total. The number of hydrogen-bond acceptors (Lipinski definition) is 1. The molecular formula is C17H17ClO2. The van der Waals surface area contributed by atoms with E-state index in [4.69, 9.17) is 11.6 Å². The Labute approximate surface area is 124 Å². The molecule has 2 nitrogen and oxygen atoms in total. The van der Waals surface area contributed by atoms with E-state index in [0.29, 0.717) is 11.4 Å². The van der Waals surface area contributed by atoms with Crippen LogP contribution in [0.25, 0.3) is 0 Å². The van der Waals surface area contributed by atoms with Gasteiger partial charge >= 0.3 is 5.97 Å². The van der Waals surface area contributed by atoms with Gasteiger partial charge in [0.15, 0.2) is 0 Å². The van der Waals surface area contributed by atoms with E-state index < -0.39 is 11.9 Å². The average Bonchev–Trinajstić information content (AvgIpc) is 2.40. The SMILES string of the molecule is Cc1ccc(C)c(CC(C(=O)O)c2ccc(Cl)cc2)c1. The maximum atomic E-state index is 11.6. The molecule has 1 unspecified atom stereocenters. The lowest BCUT2D eigenvalue weighted by atomic mass is 9.89. The number of halogens is 1. The largest absolute Gasteiger partial charge is 0.481 e. The van der Waals surface area contributed by atoms with Gasteiger partial charge < -0.3 is 5.11 Å². The van der Waals surface area contributed by atoms with Gasteiger partial charge in [-0.2, -0.15) is 0 Å². The first-order valence-electron chi connectivity index (χ1n) is 6.52. The highest BCUT2D eigenvalue weighted by molar-refractivity contribution is 6.30. The number of carboxylic acid groups (broad SMARTS) is 1. The molecule has 2 aromatic carbocycles. The van der Waals surface area contributed by atoms with Crippen molar-refractivity contribution >= 4 is 17.6 Å². The Bertz CT molecular complexity index is 617. The van der Waals surface area contributed by atoms with Crippen molar-refractivity contribution in [1.29, 1.82) is 0 Å². The number of hydrogen-bond donors (Lipinski definition) is 1. The van der Waals surface area contributed by atoms with E-state index in [1.54, 1.807) is 24.3 Å². The summed E-state index contributed by atoms with van der Waals surface area (Å²) < 4.78 is 0. The summed E-state index contributed by atoms with van der Waals surface area (Å²) in [5.74, 6) is -1.36. The Hall–Kier alpha value is -1.80. The predicted octanol–water partition coefficient (Wildman–Crippen LogP) is 4.37. The van der Waals surface area contributed by atoms with Crippen LogP contribution in [0.15, 0.2) is 42.5 Å². The third-order valence-electron chi connectivity index (χ3n) is 3.50. The van der Waals surface area contributed by atoms with Crippen LogP contribution in [-0.4, -0.2) is 11.1 Å². The molecule has 0 aliphatic carbocycles. The van der Waals surface area contributed by atoms with Crippen LogP contribution >= 0.6 is 11.6 Å². The lowest BCUT2D eigenvalue weighted by molar-refractivity contribution is -0.138. The Morgan fingerprint density at radius 2 is 1.80 bits per heavy atom. The highest BCUT2D eigenvalue weighted by Gasteiger charge is 2.21. The molecule has 0 radical (unpaired) electrons. The van der Waals surface area contributed by atoms with Gasteiger partial charge in [0.25, 0.3) is 0 Å². The number of aryl methyl sites for hydroxylation is 2. The summed E-state index contributed by atoms with van der Waals surface area (Å²) in [4.78, 5) is 11.6. The highest BCUT2D eigenvalue weighted by atomic mass is 35.5. The quantitative estimate of drug-likeness (QED) is 0.907. The van der Waals surface area contributed by atoms with Crippen molar-refractivity contribution in [2.75, 3.05) is 0 Å². The fourth-order valence-electron chi connectivity index (χ4n) is 2.28. The predicted molar refractivity (Wildman–Crippen MR) is 81.4 cm³/mol. The number of benzene rings is 2. The van der Waals surface area contributed by atoms with E-state index in [1.807, 2.05) is 26.0 Å². The minimum atomic E-state index is -0.812. The Morgan fingerprint density at radius 3 is 2.40 bits per heavy atom. The van der Waals surface area contributed by atoms with Gasteiger partial charge in [-0.25, -0.2) is 0 Å². The van der Waals surface area contributed by atoms with Gasteiger partial charge in [0, 0.05) is 5.02 Å². The van der Waals surface area contributed by atoms with Crippen LogP contribution in [0, 0.1) is 13.8 Å². The molecule has 2 rings (SSSR count). The molecule has 1 atom stereocenters. The van der Waals surface area contributed by atoms with E-state index >= 15 is 0 Å². The van der Waals surface area contributed by atoms with E-state index in [2.05, 4.69) is 6.07 Å². The Kier molecular flexibility index (Phi) is 4.46. The lowest BCUT2D eigenvalue weighted by Gasteiger charge is -2.15. The van der Waals surface area contributed by atoms with E-state index in [0.717, 1.165) is 22.3 Å². The van der Waals surface area contributed by atoms with Crippen LogP contribution in [0.3, 0.4) is 0 Å². The van der Waals surface area contributed by atoms with Crippen molar-refractivity contribution in [2.45, 2.75) is 26.2 Å². The second kappa shape index (κ2) is 6.10. The first-order chi connectivity index (χ1) is 9.47. The van der Waals surface area contributed by atoms with Crippen LogP contribution in [0.4, 0.5) is 0 Å². The third-order valence-corrected chi connectivity index (χ3v) is 3.75. The van der Waals surface area contributed by atoms with Crippen molar-refractivity contribution in [3.8, 4) is 0 Å². The Balaban J connectivity index is 2.32. The number of aliphatic carboxylic acids is 1. The summed E-state index contributed by atoms with van der Waals surface area (Å²) in [7, 11) is 0. The molecule has 0 aliphatic rings. The zero-order chi connectivity index (χ0) is 14.7. The summed E-state index contributed by atoms with van der Waals surface area (Å²) in [5.41, 5.74) is 4.12. The van der Waals surface area contributed by atoms with Gasteiger partial charge in [-0.1, -0.05) is 47.5 Å².